The van der Waals surface area contributed by atoms with Gasteiger partial charge in [-0.05, 0) is 25.3 Å². The average molecular weight is 407 g/mol. The molecule has 2 fully saturated rings. The molecular formula is C17H17N3O7S. The average Bonchev–Trinajstić information content (AvgIpc) is 3.36. The summed E-state index contributed by atoms with van der Waals surface area (Å²) in [6.45, 7) is -0.507. The number of carbonyl (C=O) groups is 3. The molecule has 1 aromatic rings. The van der Waals surface area contributed by atoms with Crippen LogP contribution < -0.4 is 0 Å². The van der Waals surface area contributed by atoms with Crippen LogP contribution in [0.3, 0.4) is 0 Å². The second-order valence-corrected chi connectivity index (χ2v) is 9.50. The fraction of sp³-hybridized carbons (Fsp3) is 0.471. The van der Waals surface area contributed by atoms with Gasteiger partial charge in [-0.25, -0.2) is 8.42 Å². The van der Waals surface area contributed by atoms with Gasteiger partial charge in [-0.1, -0.05) is 0 Å². The highest BCUT2D eigenvalue weighted by molar-refractivity contribution is 7.91. The monoisotopic (exact) mass is 407 g/mol. The van der Waals surface area contributed by atoms with Gasteiger partial charge in [-0.15, -0.1) is 0 Å². The summed E-state index contributed by atoms with van der Waals surface area (Å²) in [4.78, 5) is 50.5. The Balaban J connectivity index is 1.55. The molecule has 2 heterocycles. The number of sulfone groups is 1. The lowest BCUT2D eigenvalue weighted by Crippen LogP contribution is -2.48. The number of hydrogen-bond donors (Lipinski definition) is 0. The molecule has 0 bridgehead atoms. The third-order valence-electron chi connectivity index (χ3n) is 5.29. The summed E-state index contributed by atoms with van der Waals surface area (Å²) in [5.41, 5.74) is -0.401. The van der Waals surface area contributed by atoms with E-state index in [4.69, 9.17) is 0 Å². The Morgan fingerprint density at radius 3 is 2.39 bits per heavy atom. The van der Waals surface area contributed by atoms with Crippen LogP contribution in [0.1, 0.15) is 40.0 Å². The summed E-state index contributed by atoms with van der Waals surface area (Å²) in [5.74, 6) is -2.01. The molecule has 1 saturated carbocycles. The van der Waals surface area contributed by atoms with Gasteiger partial charge in [0.2, 0.25) is 5.91 Å². The Kier molecular flexibility index (Phi) is 4.21. The predicted octanol–water partition coefficient (Wildman–Crippen LogP) is 0.369. The van der Waals surface area contributed by atoms with Crippen molar-refractivity contribution in [3.63, 3.8) is 0 Å². The van der Waals surface area contributed by atoms with Gasteiger partial charge in [0.1, 0.15) is 6.54 Å². The number of nitro benzene ring substituents is 1. The summed E-state index contributed by atoms with van der Waals surface area (Å²) in [6.07, 6.45) is 1.87. The SMILES string of the molecule is O=C1c2ccc([N+](=O)[O-])cc2C(=O)N1CC(=O)N(C1CC1)C1CCS(=O)(=O)C1. The molecule has 1 saturated heterocycles. The molecule has 4 rings (SSSR count). The molecule has 0 aromatic heterocycles. The normalized spacial score (nSPS) is 23.0. The fourth-order valence-electron chi connectivity index (χ4n) is 3.81. The minimum atomic E-state index is -3.19. The molecule has 10 nitrogen and oxygen atoms in total. The van der Waals surface area contributed by atoms with E-state index in [1.54, 1.807) is 0 Å². The van der Waals surface area contributed by atoms with Crippen molar-refractivity contribution in [2.75, 3.05) is 18.1 Å². The number of rotatable bonds is 5. The number of hydrogen-bond acceptors (Lipinski definition) is 7. The quantitative estimate of drug-likeness (QED) is 0.391. The number of fused-ring (bicyclic) bond motifs is 1. The number of benzene rings is 1. The van der Waals surface area contributed by atoms with E-state index in [0.717, 1.165) is 29.9 Å². The Labute approximate surface area is 160 Å². The Bertz CT molecular complexity index is 1020. The first-order valence-corrected chi connectivity index (χ1v) is 10.7. The zero-order valence-electron chi connectivity index (χ0n) is 14.7. The first-order chi connectivity index (χ1) is 13.2. The summed E-state index contributed by atoms with van der Waals surface area (Å²) in [6, 6.07) is 2.86. The highest BCUT2D eigenvalue weighted by Crippen LogP contribution is 2.33. The molecule has 0 radical (unpaired) electrons. The first-order valence-electron chi connectivity index (χ1n) is 8.84. The lowest BCUT2D eigenvalue weighted by molar-refractivity contribution is -0.384. The zero-order chi connectivity index (χ0) is 20.2. The second-order valence-electron chi connectivity index (χ2n) is 7.27. The Morgan fingerprint density at radius 2 is 1.82 bits per heavy atom. The van der Waals surface area contributed by atoms with E-state index in [0.29, 0.717) is 6.42 Å². The third-order valence-corrected chi connectivity index (χ3v) is 7.04. The molecule has 3 amide bonds. The van der Waals surface area contributed by atoms with Crippen LogP contribution in [0.4, 0.5) is 5.69 Å². The Hall–Kier alpha value is -2.82. The van der Waals surface area contributed by atoms with E-state index >= 15 is 0 Å². The zero-order valence-corrected chi connectivity index (χ0v) is 15.6. The highest BCUT2D eigenvalue weighted by atomic mass is 32.2. The molecule has 1 atom stereocenters. The molecule has 11 heteroatoms. The van der Waals surface area contributed by atoms with Gasteiger partial charge < -0.3 is 4.90 Å². The van der Waals surface area contributed by atoms with Crippen LogP contribution in [0.25, 0.3) is 0 Å². The maximum atomic E-state index is 12.9. The van der Waals surface area contributed by atoms with Gasteiger partial charge in [0, 0.05) is 24.2 Å². The lowest BCUT2D eigenvalue weighted by atomic mass is 10.1. The maximum absolute atomic E-state index is 12.9. The van der Waals surface area contributed by atoms with E-state index in [9.17, 15) is 32.9 Å². The number of nitro groups is 1. The van der Waals surface area contributed by atoms with Gasteiger partial charge in [0.05, 0.1) is 27.6 Å². The number of amides is 3. The van der Waals surface area contributed by atoms with Crippen molar-refractivity contribution >= 4 is 33.2 Å². The Morgan fingerprint density at radius 1 is 1.14 bits per heavy atom. The van der Waals surface area contributed by atoms with Crippen molar-refractivity contribution in [1.82, 2.24) is 9.80 Å². The summed E-state index contributed by atoms with van der Waals surface area (Å²) < 4.78 is 23.6. The summed E-state index contributed by atoms with van der Waals surface area (Å²) in [5, 5.41) is 10.9. The minimum Gasteiger partial charge on any atom is -0.334 e. The third kappa shape index (κ3) is 3.15. The van der Waals surface area contributed by atoms with Gasteiger partial charge >= 0.3 is 0 Å². The molecule has 3 aliphatic rings. The molecule has 28 heavy (non-hydrogen) atoms. The number of non-ortho nitro benzene ring substituents is 1. The van der Waals surface area contributed by atoms with E-state index in [1.165, 1.54) is 11.0 Å². The van der Waals surface area contributed by atoms with Crippen molar-refractivity contribution in [1.29, 1.82) is 0 Å². The summed E-state index contributed by atoms with van der Waals surface area (Å²) in [7, 11) is -3.19. The lowest BCUT2D eigenvalue weighted by Gasteiger charge is -2.29. The molecule has 1 aliphatic carbocycles. The van der Waals surface area contributed by atoms with Crippen molar-refractivity contribution < 1.29 is 27.7 Å². The molecular weight excluding hydrogens is 390 g/mol. The molecule has 1 aromatic carbocycles. The van der Waals surface area contributed by atoms with Crippen molar-refractivity contribution in [2.24, 2.45) is 0 Å². The highest BCUT2D eigenvalue weighted by Gasteiger charge is 2.44. The molecule has 0 spiro atoms. The van der Waals surface area contributed by atoms with Crippen LogP contribution in [0.5, 0.6) is 0 Å². The maximum Gasteiger partial charge on any atom is 0.270 e. The molecule has 2 aliphatic heterocycles. The van der Waals surface area contributed by atoms with Gasteiger partial charge in [-0.3, -0.25) is 29.4 Å². The van der Waals surface area contributed by atoms with Crippen LogP contribution in [0, 0.1) is 10.1 Å². The van der Waals surface area contributed by atoms with Crippen LogP contribution in [0.2, 0.25) is 0 Å². The molecule has 1 unspecified atom stereocenters. The summed E-state index contributed by atoms with van der Waals surface area (Å²) >= 11 is 0. The van der Waals surface area contributed by atoms with E-state index in [1.807, 2.05) is 0 Å². The van der Waals surface area contributed by atoms with Gasteiger partial charge in [-0.2, -0.15) is 0 Å². The molecule has 148 valence electrons. The van der Waals surface area contributed by atoms with Crippen molar-refractivity contribution in [3.8, 4) is 0 Å². The van der Waals surface area contributed by atoms with Crippen molar-refractivity contribution in [2.45, 2.75) is 31.3 Å². The van der Waals surface area contributed by atoms with Crippen LogP contribution in [0.15, 0.2) is 18.2 Å². The molecule has 0 N–H and O–H groups in total. The van der Waals surface area contributed by atoms with Gasteiger partial charge in [0.15, 0.2) is 9.84 Å². The smallest absolute Gasteiger partial charge is 0.270 e. The standard InChI is InChI=1S/C17H17N3O7S/c21-15(19(10-1-2-10)12-5-6-28(26,27)9-12)8-18-16(22)13-4-3-11(20(24)25)7-14(13)17(18)23/h3-4,7,10,12H,1-2,5-6,8-9H2. The first kappa shape index (κ1) is 18.5. The van der Waals surface area contributed by atoms with Crippen LogP contribution in [-0.4, -0.2) is 71.0 Å². The van der Waals surface area contributed by atoms with Gasteiger partial charge in [0.25, 0.3) is 17.5 Å². The van der Waals surface area contributed by atoms with Crippen LogP contribution in [-0.2, 0) is 14.6 Å². The number of nitrogens with zero attached hydrogens (tertiary/aromatic N) is 3. The largest absolute Gasteiger partial charge is 0.334 e. The second kappa shape index (κ2) is 6.36. The van der Waals surface area contributed by atoms with E-state index < -0.39 is 45.1 Å². The fourth-order valence-corrected chi connectivity index (χ4v) is 5.52. The minimum absolute atomic E-state index is 0.0183. The van der Waals surface area contributed by atoms with E-state index in [-0.39, 0.29) is 34.4 Å². The number of imide groups is 1. The topological polar surface area (TPSA) is 135 Å². The van der Waals surface area contributed by atoms with Crippen LogP contribution >= 0.6 is 0 Å². The van der Waals surface area contributed by atoms with Crippen molar-refractivity contribution in [3.05, 3.63) is 39.4 Å². The predicted molar refractivity (Wildman–Crippen MR) is 95.4 cm³/mol. The number of carbonyl (C=O) groups excluding carboxylic acids is 3. The van der Waals surface area contributed by atoms with E-state index in [2.05, 4.69) is 0 Å².